The lowest BCUT2D eigenvalue weighted by Gasteiger charge is -2.10. The molecule has 1 aromatic rings. The fourth-order valence-electron chi connectivity index (χ4n) is 1.52. The average Bonchev–Trinajstić information content (AvgIpc) is 2.30. The van der Waals surface area contributed by atoms with Gasteiger partial charge in [-0.05, 0) is 30.7 Å². The first kappa shape index (κ1) is 18.1. The number of ether oxygens (including phenoxy) is 2. The number of halogens is 4. The molecule has 0 aromatic heterocycles. The molecule has 0 aliphatic carbocycles. The van der Waals surface area contributed by atoms with Crippen LogP contribution in [0.1, 0.15) is 12.0 Å². The van der Waals surface area contributed by atoms with Gasteiger partial charge in [-0.25, -0.2) is 8.42 Å². The minimum atomic E-state index is -4.33. The standard InChI is InChI=1S/C12H14ClF3O4S/c1-9-7-10(3-4-11(9)21(13,17)18)20-6-2-5-19-8-12(14,15)16/h3-4,7H,2,5-6,8H2,1H3. The number of aryl methyl sites for hydroxylation is 1. The van der Waals surface area contributed by atoms with Gasteiger partial charge in [-0.15, -0.1) is 0 Å². The van der Waals surface area contributed by atoms with Gasteiger partial charge in [0, 0.05) is 17.1 Å². The fraction of sp³-hybridized carbons (Fsp3) is 0.500. The number of hydrogen-bond acceptors (Lipinski definition) is 4. The molecule has 1 rings (SSSR count). The maximum Gasteiger partial charge on any atom is 0.411 e. The molecule has 0 saturated carbocycles. The minimum Gasteiger partial charge on any atom is -0.493 e. The van der Waals surface area contributed by atoms with Gasteiger partial charge in [0.15, 0.2) is 0 Å². The summed E-state index contributed by atoms with van der Waals surface area (Å²) in [5.74, 6) is 0.410. The topological polar surface area (TPSA) is 52.6 Å². The molecule has 0 radical (unpaired) electrons. The second kappa shape index (κ2) is 7.33. The maximum atomic E-state index is 11.8. The SMILES string of the molecule is Cc1cc(OCCCOCC(F)(F)F)ccc1S(=O)(=O)Cl. The molecule has 0 fully saturated rings. The van der Waals surface area contributed by atoms with Gasteiger partial charge in [0.2, 0.25) is 0 Å². The normalized spacial score (nSPS) is 12.4. The predicted octanol–water partition coefficient (Wildman–Crippen LogP) is 3.27. The Morgan fingerprint density at radius 3 is 2.43 bits per heavy atom. The monoisotopic (exact) mass is 346 g/mol. The van der Waals surface area contributed by atoms with E-state index < -0.39 is 21.8 Å². The molecule has 0 heterocycles. The highest BCUT2D eigenvalue weighted by Crippen LogP contribution is 2.24. The molecular formula is C12H14ClF3O4S. The largest absolute Gasteiger partial charge is 0.493 e. The third-order valence-corrected chi connectivity index (χ3v) is 3.86. The Balaban J connectivity index is 2.39. The Labute approximate surface area is 125 Å². The molecule has 0 N–H and O–H groups in total. The van der Waals surface area contributed by atoms with Crippen molar-refractivity contribution >= 4 is 19.7 Å². The van der Waals surface area contributed by atoms with Crippen molar-refractivity contribution in [3.05, 3.63) is 23.8 Å². The highest BCUT2D eigenvalue weighted by atomic mass is 35.7. The van der Waals surface area contributed by atoms with Gasteiger partial charge in [0.1, 0.15) is 12.4 Å². The van der Waals surface area contributed by atoms with Crippen LogP contribution in [0.3, 0.4) is 0 Å². The van der Waals surface area contributed by atoms with E-state index >= 15 is 0 Å². The van der Waals surface area contributed by atoms with E-state index in [4.69, 9.17) is 15.4 Å². The van der Waals surface area contributed by atoms with Crippen molar-refractivity contribution in [2.24, 2.45) is 0 Å². The second-order valence-electron chi connectivity index (χ2n) is 4.23. The fourth-order valence-corrected chi connectivity index (χ4v) is 2.72. The Hall–Kier alpha value is -0.990. The van der Waals surface area contributed by atoms with Crippen molar-refractivity contribution in [2.45, 2.75) is 24.4 Å². The number of benzene rings is 1. The second-order valence-corrected chi connectivity index (χ2v) is 6.77. The molecule has 120 valence electrons. The molecule has 0 aliphatic heterocycles. The minimum absolute atomic E-state index is 0.00923. The molecule has 4 nitrogen and oxygen atoms in total. The average molecular weight is 347 g/mol. The van der Waals surface area contributed by atoms with Gasteiger partial charge in [-0.3, -0.25) is 0 Å². The van der Waals surface area contributed by atoms with Gasteiger partial charge < -0.3 is 9.47 Å². The molecule has 0 aliphatic rings. The van der Waals surface area contributed by atoms with E-state index in [1.54, 1.807) is 6.92 Å². The van der Waals surface area contributed by atoms with E-state index in [9.17, 15) is 21.6 Å². The first-order chi connectivity index (χ1) is 9.59. The predicted molar refractivity (Wildman–Crippen MR) is 71.2 cm³/mol. The maximum absolute atomic E-state index is 11.8. The molecule has 9 heteroatoms. The summed E-state index contributed by atoms with van der Waals surface area (Å²) in [5.41, 5.74) is 0.427. The smallest absolute Gasteiger partial charge is 0.411 e. The first-order valence-corrected chi connectivity index (χ1v) is 8.23. The molecule has 1 aromatic carbocycles. The lowest BCUT2D eigenvalue weighted by atomic mass is 10.2. The Bertz CT molecular complexity index is 572. The first-order valence-electron chi connectivity index (χ1n) is 5.92. The van der Waals surface area contributed by atoms with Crippen molar-refractivity contribution in [3.8, 4) is 5.75 Å². The zero-order valence-electron chi connectivity index (χ0n) is 11.1. The third kappa shape index (κ3) is 7.01. The summed E-state index contributed by atoms with van der Waals surface area (Å²) in [6, 6.07) is 4.23. The third-order valence-electron chi connectivity index (χ3n) is 2.38. The zero-order chi connectivity index (χ0) is 16.1. The van der Waals surface area contributed by atoms with Crippen LogP contribution in [-0.2, 0) is 13.8 Å². The number of hydrogen-bond donors (Lipinski definition) is 0. The van der Waals surface area contributed by atoms with Crippen molar-refractivity contribution in [3.63, 3.8) is 0 Å². The summed E-state index contributed by atoms with van der Waals surface area (Å²) in [5, 5.41) is 0. The highest BCUT2D eigenvalue weighted by molar-refractivity contribution is 8.13. The number of rotatable bonds is 7. The van der Waals surface area contributed by atoms with Crippen molar-refractivity contribution in [2.75, 3.05) is 19.8 Å². The van der Waals surface area contributed by atoms with E-state index in [2.05, 4.69) is 4.74 Å². The zero-order valence-corrected chi connectivity index (χ0v) is 12.7. The Kier molecular flexibility index (Phi) is 6.30. The Morgan fingerprint density at radius 2 is 1.90 bits per heavy atom. The van der Waals surface area contributed by atoms with Crippen LogP contribution >= 0.6 is 10.7 Å². The van der Waals surface area contributed by atoms with Crippen molar-refractivity contribution < 1.29 is 31.1 Å². The van der Waals surface area contributed by atoms with E-state index in [0.717, 1.165) is 0 Å². The summed E-state index contributed by atoms with van der Waals surface area (Å²) < 4.78 is 67.5. The van der Waals surface area contributed by atoms with Crippen LogP contribution < -0.4 is 4.74 Å². The molecule has 0 bridgehead atoms. The van der Waals surface area contributed by atoms with Crippen molar-refractivity contribution in [1.29, 1.82) is 0 Å². The molecule has 0 spiro atoms. The molecule has 0 amide bonds. The highest BCUT2D eigenvalue weighted by Gasteiger charge is 2.27. The van der Waals surface area contributed by atoms with Crippen molar-refractivity contribution in [1.82, 2.24) is 0 Å². The van der Waals surface area contributed by atoms with Gasteiger partial charge in [0.25, 0.3) is 9.05 Å². The van der Waals surface area contributed by atoms with Gasteiger partial charge >= 0.3 is 6.18 Å². The van der Waals surface area contributed by atoms with Crippen LogP contribution in [0, 0.1) is 6.92 Å². The lowest BCUT2D eigenvalue weighted by molar-refractivity contribution is -0.174. The van der Waals surface area contributed by atoms with E-state index in [1.807, 2.05) is 0 Å². The van der Waals surface area contributed by atoms with Crippen LogP contribution in [0.15, 0.2) is 23.1 Å². The molecular weight excluding hydrogens is 333 g/mol. The van der Waals surface area contributed by atoms with E-state index in [0.29, 0.717) is 11.3 Å². The van der Waals surface area contributed by atoms with E-state index in [-0.39, 0.29) is 24.5 Å². The molecule has 0 unspecified atom stereocenters. The van der Waals surface area contributed by atoms with E-state index in [1.165, 1.54) is 18.2 Å². The summed E-state index contributed by atoms with van der Waals surface area (Å²) in [6.45, 7) is 0.361. The lowest BCUT2D eigenvalue weighted by Crippen LogP contribution is -2.18. The summed E-state index contributed by atoms with van der Waals surface area (Å²) in [4.78, 5) is -0.00923. The molecule has 0 saturated heterocycles. The Morgan fingerprint density at radius 1 is 1.24 bits per heavy atom. The summed E-state index contributed by atoms with van der Waals surface area (Å²) in [6.07, 6.45) is -4.05. The van der Waals surface area contributed by atoms with Crippen LogP contribution in [-0.4, -0.2) is 34.4 Å². The quantitative estimate of drug-likeness (QED) is 0.561. The number of alkyl halides is 3. The van der Waals surface area contributed by atoms with Crippen LogP contribution in [0.2, 0.25) is 0 Å². The summed E-state index contributed by atoms with van der Waals surface area (Å²) in [7, 11) is 1.43. The molecule has 21 heavy (non-hydrogen) atoms. The van der Waals surface area contributed by atoms with Crippen LogP contribution in [0.4, 0.5) is 13.2 Å². The van der Waals surface area contributed by atoms with Gasteiger partial charge in [-0.1, -0.05) is 0 Å². The van der Waals surface area contributed by atoms with Crippen LogP contribution in [0.5, 0.6) is 5.75 Å². The van der Waals surface area contributed by atoms with Gasteiger partial charge in [-0.2, -0.15) is 13.2 Å². The molecule has 0 atom stereocenters. The van der Waals surface area contributed by atoms with Gasteiger partial charge in [0.05, 0.1) is 18.1 Å². The van der Waals surface area contributed by atoms with Crippen LogP contribution in [0.25, 0.3) is 0 Å². The summed E-state index contributed by atoms with van der Waals surface area (Å²) >= 11 is 0.